The van der Waals surface area contributed by atoms with E-state index in [0.717, 1.165) is 23.1 Å². The van der Waals surface area contributed by atoms with E-state index in [1.807, 2.05) is 0 Å². The lowest BCUT2D eigenvalue weighted by Gasteiger charge is -2.25. The number of hydrogen-bond acceptors (Lipinski definition) is 1. The first kappa shape index (κ1) is 13.2. The number of nitrogens with zero attached hydrogens (tertiary/aromatic N) is 1. The van der Waals surface area contributed by atoms with Gasteiger partial charge in [-0.25, -0.2) is 13.2 Å². The van der Waals surface area contributed by atoms with Gasteiger partial charge >= 0.3 is 0 Å². The Balaban J connectivity index is 2.31. The van der Waals surface area contributed by atoms with Crippen molar-refractivity contribution < 1.29 is 18.0 Å². The average Bonchev–Trinajstić information content (AvgIpc) is 2.80. The summed E-state index contributed by atoms with van der Waals surface area (Å²) in [6.07, 6.45) is 1.08. The predicted octanol–water partition coefficient (Wildman–Crippen LogP) is 3.16. The van der Waals surface area contributed by atoms with Gasteiger partial charge in [0.15, 0.2) is 0 Å². The normalized spacial score (nSPS) is 21.1. The molecule has 2 rings (SSSR count). The Kier molecular flexibility index (Phi) is 3.80. The first-order valence-corrected chi connectivity index (χ1v) is 5.98. The quantitative estimate of drug-likeness (QED) is 0.761. The third kappa shape index (κ3) is 2.46. The first-order valence-electron chi connectivity index (χ1n) is 5.54. The summed E-state index contributed by atoms with van der Waals surface area (Å²) in [7, 11) is 0. The highest BCUT2D eigenvalue weighted by Crippen LogP contribution is 2.34. The number of carbonyl (C=O) groups is 1. The number of amides is 1. The van der Waals surface area contributed by atoms with Crippen LogP contribution in [0.3, 0.4) is 0 Å². The standard InChI is InChI=1S/C12H11ClF3NO/c13-11(16)12(18)17-5-1-2-10(17)8-6-7(14)3-4-9(8)15/h3-4,6,10-11H,1-2,5H2. The molecule has 0 N–H and O–H groups in total. The van der Waals surface area contributed by atoms with E-state index >= 15 is 0 Å². The number of likely N-dealkylation sites (tertiary alicyclic amines) is 1. The van der Waals surface area contributed by atoms with Crippen molar-refractivity contribution in [3.05, 3.63) is 35.4 Å². The Morgan fingerprint density at radius 2 is 2.17 bits per heavy atom. The molecule has 1 aromatic carbocycles. The van der Waals surface area contributed by atoms with Crippen molar-refractivity contribution in [3.63, 3.8) is 0 Å². The van der Waals surface area contributed by atoms with Crippen LogP contribution in [0.4, 0.5) is 13.2 Å². The van der Waals surface area contributed by atoms with E-state index in [0.29, 0.717) is 19.4 Å². The van der Waals surface area contributed by atoms with Gasteiger partial charge in [-0.05, 0) is 31.0 Å². The Morgan fingerprint density at radius 1 is 1.44 bits per heavy atom. The van der Waals surface area contributed by atoms with Gasteiger partial charge in [-0.15, -0.1) is 0 Å². The van der Waals surface area contributed by atoms with Crippen LogP contribution in [0.1, 0.15) is 24.4 Å². The number of alkyl halides is 2. The van der Waals surface area contributed by atoms with E-state index in [-0.39, 0.29) is 5.56 Å². The van der Waals surface area contributed by atoms with Crippen LogP contribution in [0.5, 0.6) is 0 Å². The molecule has 2 unspecified atom stereocenters. The van der Waals surface area contributed by atoms with Crippen molar-refractivity contribution in [1.29, 1.82) is 0 Å². The summed E-state index contributed by atoms with van der Waals surface area (Å²) in [4.78, 5) is 12.7. The molecule has 2 nitrogen and oxygen atoms in total. The van der Waals surface area contributed by atoms with Crippen molar-refractivity contribution in [1.82, 2.24) is 4.90 Å². The second-order valence-corrected chi connectivity index (χ2v) is 4.54. The minimum Gasteiger partial charge on any atom is -0.332 e. The summed E-state index contributed by atoms with van der Waals surface area (Å²) in [6, 6.07) is 2.39. The smallest absolute Gasteiger partial charge is 0.273 e. The maximum atomic E-state index is 13.6. The summed E-state index contributed by atoms with van der Waals surface area (Å²) < 4.78 is 39.6. The van der Waals surface area contributed by atoms with Crippen LogP contribution in [0, 0.1) is 11.6 Å². The van der Waals surface area contributed by atoms with Gasteiger partial charge in [-0.1, -0.05) is 11.6 Å². The van der Waals surface area contributed by atoms with Gasteiger partial charge in [0.25, 0.3) is 11.5 Å². The second kappa shape index (κ2) is 5.18. The van der Waals surface area contributed by atoms with Gasteiger partial charge in [0.2, 0.25) is 0 Å². The maximum absolute atomic E-state index is 13.6. The van der Waals surface area contributed by atoms with Crippen LogP contribution >= 0.6 is 11.6 Å². The molecule has 0 spiro atoms. The third-order valence-corrected chi connectivity index (χ3v) is 3.23. The van der Waals surface area contributed by atoms with E-state index in [1.165, 1.54) is 0 Å². The molecule has 0 saturated carbocycles. The highest BCUT2D eigenvalue weighted by atomic mass is 35.5. The molecule has 18 heavy (non-hydrogen) atoms. The van der Waals surface area contributed by atoms with E-state index in [2.05, 4.69) is 0 Å². The number of carbonyl (C=O) groups excluding carboxylic acids is 1. The molecule has 1 heterocycles. The van der Waals surface area contributed by atoms with Crippen LogP contribution in [-0.2, 0) is 4.79 Å². The lowest BCUT2D eigenvalue weighted by molar-refractivity contribution is -0.134. The van der Waals surface area contributed by atoms with Gasteiger partial charge in [0.05, 0.1) is 6.04 Å². The van der Waals surface area contributed by atoms with Crippen LogP contribution in [0.2, 0.25) is 0 Å². The van der Waals surface area contributed by atoms with Crippen molar-refractivity contribution in [3.8, 4) is 0 Å². The molecule has 1 aromatic rings. The van der Waals surface area contributed by atoms with E-state index < -0.39 is 29.2 Å². The SMILES string of the molecule is O=C(C(F)Cl)N1CCCC1c1cc(F)ccc1F. The van der Waals surface area contributed by atoms with E-state index in [1.54, 1.807) is 0 Å². The number of benzene rings is 1. The van der Waals surface area contributed by atoms with E-state index in [4.69, 9.17) is 11.6 Å². The molecule has 0 aromatic heterocycles. The fraction of sp³-hybridized carbons (Fsp3) is 0.417. The molecule has 6 heteroatoms. The zero-order chi connectivity index (χ0) is 13.3. The summed E-state index contributed by atoms with van der Waals surface area (Å²) in [5, 5.41) is 0. The van der Waals surface area contributed by atoms with Gasteiger partial charge in [0, 0.05) is 12.1 Å². The van der Waals surface area contributed by atoms with Gasteiger partial charge in [-0.3, -0.25) is 4.79 Å². The van der Waals surface area contributed by atoms with Gasteiger partial charge in [0.1, 0.15) is 11.6 Å². The minimum absolute atomic E-state index is 0.0677. The van der Waals surface area contributed by atoms with Gasteiger partial charge in [-0.2, -0.15) is 0 Å². The number of halogens is 4. The average molecular weight is 278 g/mol. The molecule has 98 valence electrons. The molecule has 0 aliphatic carbocycles. The maximum Gasteiger partial charge on any atom is 0.273 e. The molecule has 1 amide bonds. The fourth-order valence-electron chi connectivity index (χ4n) is 2.25. The fourth-order valence-corrected chi connectivity index (χ4v) is 2.37. The zero-order valence-electron chi connectivity index (χ0n) is 9.38. The first-order chi connectivity index (χ1) is 8.50. The topological polar surface area (TPSA) is 20.3 Å². The summed E-state index contributed by atoms with van der Waals surface area (Å²) >= 11 is 5.11. The molecule has 1 aliphatic heterocycles. The Hall–Kier alpha value is -1.23. The molecule has 0 bridgehead atoms. The van der Waals surface area contributed by atoms with Crippen LogP contribution in [0.15, 0.2) is 18.2 Å². The van der Waals surface area contributed by atoms with Crippen LogP contribution in [0.25, 0.3) is 0 Å². The monoisotopic (exact) mass is 277 g/mol. The second-order valence-electron chi connectivity index (χ2n) is 4.16. The largest absolute Gasteiger partial charge is 0.332 e. The Morgan fingerprint density at radius 3 is 2.83 bits per heavy atom. The molecule has 1 aliphatic rings. The summed E-state index contributed by atoms with van der Waals surface area (Å²) in [5.74, 6) is -2.10. The lowest BCUT2D eigenvalue weighted by atomic mass is 10.0. The van der Waals surface area contributed by atoms with E-state index in [9.17, 15) is 18.0 Å². The molecule has 0 radical (unpaired) electrons. The highest BCUT2D eigenvalue weighted by molar-refractivity contribution is 6.29. The molecule has 2 atom stereocenters. The lowest BCUT2D eigenvalue weighted by Crippen LogP contribution is -2.35. The minimum atomic E-state index is -2.15. The molecular weight excluding hydrogens is 267 g/mol. The third-order valence-electron chi connectivity index (χ3n) is 3.04. The van der Waals surface area contributed by atoms with Crippen LogP contribution < -0.4 is 0 Å². The van der Waals surface area contributed by atoms with Gasteiger partial charge < -0.3 is 4.90 Å². The highest BCUT2D eigenvalue weighted by Gasteiger charge is 2.34. The number of rotatable bonds is 2. The molecule has 1 fully saturated rings. The summed E-state index contributed by atoms with van der Waals surface area (Å²) in [5.41, 5.74) is -2.08. The molecule has 1 saturated heterocycles. The zero-order valence-corrected chi connectivity index (χ0v) is 10.1. The summed E-state index contributed by atoms with van der Waals surface area (Å²) in [6.45, 7) is 0.298. The van der Waals surface area contributed by atoms with Crippen molar-refractivity contribution in [2.75, 3.05) is 6.54 Å². The Bertz CT molecular complexity index is 467. The number of hydrogen-bond donors (Lipinski definition) is 0. The van der Waals surface area contributed by atoms with Crippen molar-refractivity contribution in [2.24, 2.45) is 0 Å². The van der Waals surface area contributed by atoms with Crippen LogP contribution in [-0.4, -0.2) is 23.0 Å². The Labute approximate surface area is 107 Å². The molecular formula is C12H11ClF3NO. The predicted molar refractivity (Wildman–Crippen MR) is 60.8 cm³/mol. The van der Waals surface area contributed by atoms with Crippen molar-refractivity contribution >= 4 is 17.5 Å². The van der Waals surface area contributed by atoms with Crippen molar-refractivity contribution in [2.45, 2.75) is 24.5 Å².